The van der Waals surface area contributed by atoms with Gasteiger partial charge in [-0.3, -0.25) is 4.79 Å². The zero-order valence-electron chi connectivity index (χ0n) is 6.93. The van der Waals surface area contributed by atoms with Crippen molar-refractivity contribution in [1.29, 1.82) is 0 Å². The molecule has 0 saturated heterocycles. The van der Waals surface area contributed by atoms with E-state index in [1.807, 2.05) is 0 Å². The molecular weight excluding hydrogens is 228 g/mol. The smallest absolute Gasteiger partial charge is 0.303 e. The largest absolute Gasteiger partial charge is 0.487 e. The number of carboxylic acids is 1. The van der Waals surface area contributed by atoms with Gasteiger partial charge in [-0.2, -0.15) is 0 Å². The molecule has 0 heterocycles. The van der Waals surface area contributed by atoms with E-state index in [9.17, 15) is 4.79 Å². The molecule has 0 saturated carbocycles. The summed E-state index contributed by atoms with van der Waals surface area (Å²) < 4.78 is 0. The van der Waals surface area contributed by atoms with Crippen LogP contribution in [0.4, 0.5) is 0 Å². The topological polar surface area (TPSA) is 130 Å². The van der Waals surface area contributed by atoms with Crippen LogP contribution < -0.4 is 11.5 Å². The van der Waals surface area contributed by atoms with Crippen LogP contribution in [-0.4, -0.2) is 31.6 Å². The summed E-state index contributed by atoms with van der Waals surface area (Å²) in [6.07, 6.45) is 0.222. The highest BCUT2D eigenvalue weighted by Gasteiger charge is 1.80. The lowest BCUT2D eigenvalue weighted by Crippen LogP contribution is -2.03. The van der Waals surface area contributed by atoms with Gasteiger partial charge >= 0.3 is 5.97 Å². The first-order valence-corrected chi connectivity index (χ1v) is 3.74. The van der Waals surface area contributed by atoms with E-state index >= 15 is 0 Å². The van der Waals surface area contributed by atoms with E-state index in [1.54, 1.807) is 6.92 Å². The van der Waals surface area contributed by atoms with Gasteiger partial charge in [-0.15, -0.1) is 0 Å². The lowest BCUT2D eigenvalue weighted by molar-refractivity contribution is -0.136. The molecule has 0 aromatic rings. The van der Waals surface area contributed by atoms with Crippen molar-refractivity contribution in [3.05, 3.63) is 0 Å². The van der Waals surface area contributed by atoms with Gasteiger partial charge in [-0.05, 0) is 24.4 Å². The fourth-order valence-electron chi connectivity index (χ4n) is 0. The van der Waals surface area contributed by atoms with Crippen LogP contribution >= 0.6 is 24.4 Å². The van der Waals surface area contributed by atoms with Crippen molar-refractivity contribution >= 4 is 40.8 Å². The van der Waals surface area contributed by atoms with Gasteiger partial charge in [0.25, 0.3) is 10.3 Å². The number of hydrogen-bond acceptors (Lipinski definition) is 3. The molecular formula is C6H16N2O4S2. The molecule has 86 valence electrons. The molecule has 0 amide bonds. The molecule has 0 spiro atoms. The van der Waals surface area contributed by atoms with Gasteiger partial charge in [-0.25, -0.2) is 0 Å². The third kappa shape index (κ3) is 1460. The molecule has 0 aliphatic rings. The Kier molecular flexibility index (Phi) is 29.3. The molecule has 14 heavy (non-hydrogen) atoms. The molecule has 8 heteroatoms. The zero-order valence-corrected chi connectivity index (χ0v) is 8.56. The third-order valence-electron chi connectivity index (χ3n) is 0.302. The summed E-state index contributed by atoms with van der Waals surface area (Å²) in [6.45, 7) is 1.60. The fourth-order valence-corrected chi connectivity index (χ4v) is 0. The fraction of sp³-hybridized carbons (Fsp3) is 0.500. The first kappa shape index (κ1) is 23.0. The number of aliphatic hydroxyl groups is 2. The molecule has 0 bridgehead atoms. The minimum absolute atomic E-state index is 0. The normalized spacial score (nSPS) is 6.07. The van der Waals surface area contributed by atoms with Crippen molar-refractivity contribution in [1.82, 2.24) is 0 Å². The maximum atomic E-state index is 9.37. The van der Waals surface area contributed by atoms with Crippen molar-refractivity contribution < 1.29 is 20.1 Å². The number of nitrogens with two attached hydrogens (primary N) is 2. The molecule has 0 aromatic heterocycles. The van der Waals surface area contributed by atoms with Crippen molar-refractivity contribution in [3.8, 4) is 0 Å². The minimum atomic E-state index is -0.745. The summed E-state index contributed by atoms with van der Waals surface area (Å²) in [5.41, 5.74) is 8.80. The Labute approximate surface area is 93.5 Å². The van der Waals surface area contributed by atoms with Gasteiger partial charge in [0.1, 0.15) is 0 Å². The van der Waals surface area contributed by atoms with E-state index in [0.29, 0.717) is 0 Å². The van der Waals surface area contributed by atoms with E-state index in [-0.39, 0.29) is 13.8 Å². The number of hydrogen-bond donors (Lipinski definition) is 5. The van der Waals surface area contributed by atoms with Gasteiger partial charge in [0, 0.05) is 6.42 Å². The monoisotopic (exact) mass is 244 g/mol. The minimum Gasteiger partial charge on any atom is -0.487 e. The lowest BCUT2D eigenvalue weighted by atomic mass is 10.5. The standard InChI is InChI=1S/C3H6O2.2CH3NOS.CH4/c1-2-3(4)5;2*2-1(3)4;/h2H2,1H3,(H,4,5);2*(H3,2,3,4);1H4. The molecule has 0 atom stereocenters. The van der Waals surface area contributed by atoms with Crippen LogP contribution in [0.1, 0.15) is 20.8 Å². The summed E-state index contributed by atoms with van der Waals surface area (Å²) in [5.74, 6) is -0.745. The van der Waals surface area contributed by atoms with E-state index in [0.717, 1.165) is 0 Å². The molecule has 0 fully saturated rings. The maximum Gasteiger partial charge on any atom is 0.303 e. The van der Waals surface area contributed by atoms with E-state index < -0.39 is 16.3 Å². The van der Waals surface area contributed by atoms with Crippen molar-refractivity contribution in [3.63, 3.8) is 0 Å². The second-order valence-corrected chi connectivity index (χ2v) is 2.26. The SMILES string of the molecule is C.CCC(=O)O.NC(O)=S.NC(O)=S. The van der Waals surface area contributed by atoms with Crippen LogP contribution in [0.3, 0.4) is 0 Å². The third-order valence-corrected chi connectivity index (χ3v) is 0.302. The molecule has 0 rings (SSSR count). The Morgan fingerprint density at radius 1 is 1.14 bits per heavy atom. The average molecular weight is 244 g/mol. The summed E-state index contributed by atoms with van der Waals surface area (Å²) >= 11 is 7.74. The number of carbonyl (C=O) groups is 1. The summed E-state index contributed by atoms with van der Waals surface area (Å²) in [6, 6.07) is 0. The Morgan fingerprint density at radius 3 is 1.21 bits per heavy atom. The highest BCUT2D eigenvalue weighted by molar-refractivity contribution is 7.80. The van der Waals surface area contributed by atoms with Crippen LogP contribution in [0, 0.1) is 0 Å². The van der Waals surface area contributed by atoms with Gasteiger partial charge in [0.15, 0.2) is 0 Å². The zero-order chi connectivity index (χ0) is 11.4. The van der Waals surface area contributed by atoms with Crippen molar-refractivity contribution in [2.75, 3.05) is 0 Å². The number of rotatable bonds is 1. The molecule has 0 unspecified atom stereocenters. The summed E-state index contributed by atoms with van der Waals surface area (Å²) in [4.78, 5) is 9.37. The number of thiocarbonyl (C=S) groups is 2. The molecule has 0 aliphatic carbocycles. The second-order valence-electron chi connectivity index (χ2n) is 1.42. The van der Waals surface area contributed by atoms with Crippen molar-refractivity contribution in [2.24, 2.45) is 11.5 Å². The van der Waals surface area contributed by atoms with Gasteiger partial charge in [0.05, 0.1) is 0 Å². The highest BCUT2D eigenvalue weighted by atomic mass is 32.1. The van der Waals surface area contributed by atoms with Crippen LogP contribution in [0.5, 0.6) is 0 Å². The Morgan fingerprint density at radius 2 is 1.21 bits per heavy atom. The number of aliphatic hydroxyl groups excluding tert-OH is 2. The number of carboxylic acid groups (broad SMARTS) is 1. The molecule has 7 N–H and O–H groups in total. The molecule has 0 aromatic carbocycles. The Balaban J connectivity index is -0.0000000522. The van der Waals surface area contributed by atoms with Gasteiger partial charge < -0.3 is 26.8 Å². The first-order valence-electron chi connectivity index (χ1n) is 2.92. The number of aliphatic carboxylic acids is 1. The Bertz CT molecular complexity index is 155. The molecule has 0 aliphatic heterocycles. The molecule has 6 nitrogen and oxygen atoms in total. The predicted octanol–water partition coefficient (Wildman–Crippen LogP) is 0.693. The van der Waals surface area contributed by atoms with Crippen molar-refractivity contribution in [2.45, 2.75) is 20.8 Å². The Hall–Kier alpha value is -1.15. The lowest BCUT2D eigenvalue weighted by Gasteiger charge is -1.71. The highest BCUT2D eigenvalue weighted by Crippen LogP contribution is 1.67. The van der Waals surface area contributed by atoms with E-state index in [1.165, 1.54) is 0 Å². The second kappa shape index (κ2) is 17.8. The maximum absolute atomic E-state index is 9.37. The quantitative estimate of drug-likeness (QED) is 0.426. The predicted molar refractivity (Wildman–Crippen MR) is 63.5 cm³/mol. The van der Waals surface area contributed by atoms with E-state index in [4.69, 9.17) is 15.3 Å². The summed E-state index contributed by atoms with van der Waals surface area (Å²) in [7, 11) is 0. The van der Waals surface area contributed by atoms with E-state index in [2.05, 4.69) is 35.9 Å². The average Bonchev–Trinajstić information content (AvgIpc) is 1.84. The van der Waals surface area contributed by atoms with Crippen LogP contribution in [0.15, 0.2) is 0 Å². The van der Waals surface area contributed by atoms with Gasteiger partial charge in [-0.1, -0.05) is 14.4 Å². The van der Waals surface area contributed by atoms with Crippen LogP contribution in [0.25, 0.3) is 0 Å². The first-order chi connectivity index (χ1) is 5.73. The molecule has 0 radical (unpaired) electrons. The van der Waals surface area contributed by atoms with Gasteiger partial charge in [0.2, 0.25) is 0 Å². The summed E-state index contributed by atoms with van der Waals surface area (Å²) in [5, 5.41) is 21.9. The van der Waals surface area contributed by atoms with Crippen LogP contribution in [0.2, 0.25) is 0 Å². The van der Waals surface area contributed by atoms with Crippen LogP contribution in [-0.2, 0) is 4.79 Å².